The maximum atomic E-state index is 13.6. The number of aromatic hydroxyl groups is 1. The molecule has 104 valence electrons. The lowest BCUT2D eigenvalue weighted by molar-refractivity contribution is -0.126. The molecule has 2 rings (SSSR count). The van der Waals surface area contributed by atoms with Crippen LogP contribution in [0.3, 0.4) is 0 Å². The van der Waals surface area contributed by atoms with Gasteiger partial charge in [-0.05, 0) is 17.7 Å². The van der Waals surface area contributed by atoms with Crippen molar-refractivity contribution in [1.29, 1.82) is 0 Å². The van der Waals surface area contributed by atoms with Crippen LogP contribution in [-0.4, -0.2) is 18.1 Å². The van der Waals surface area contributed by atoms with Crippen LogP contribution in [0.2, 0.25) is 0 Å². The zero-order valence-electron chi connectivity index (χ0n) is 10.8. The lowest BCUT2D eigenvalue weighted by Gasteiger charge is -2.16. The van der Waals surface area contributed by atoms with Crippen molar-refractivity contribution in [3.05, 3.63) is 59.9 Å². The number of rotatable bonds is 4. The van der Waals surface area contributed by atoms with Crippen LogP contribution in [0.5, 0.6) is 5.75 Å². The van der Waals surface area contributed by atoms with Gasteiger partial charge in [-0.1, -0.05) is 36.4 Å². The second-order valence-electron chi connectivity index (χ2n) is 4.15. The summed E-state index contributed by atoms with van der Waals surface area (Å²) in [7, 11) is 1.39. The number of anilines is 1. The molecule has 2 aromatic rings. The number of nitrogens with one attached hydrogen (secondary N) is 1. The zero-order valence-corrected chi connectivity index (χ0v) is 10.8. The minimum atomic E-state index is -0.879. The van der Waals surface area contributed by atoms with Crippen LogP contribution in [0, 0.1) is 5.82 Å². The number of benzene rings is 2. The second kappa shape index (κ2) is 6.16. The zero-order chi connectivity index (χ0) is 14.5. The Kier molecular flexibility index (Phi) is 4.32. The molecule has 1 amide bonds. The molecule has 0 aromatic heterocycles. The van der Waals surface area contributed by atoms with Crippen molar-refractivity contribution in [2.75, 3.05) is 12.4 Å². The Balaban J connectivity index is 2.23. The Morgan fingerprint density at radius 1 is 1.20 bits per heavy atom. The number of carbonyl (C=O) groups is 1. The lowest BCUT2D eigenvalue weighted by Crippen LogP contribution is -2.23. The third-order valence-corrected chi connectivity index (χ3v) is 2.82. The Labute approximate surface area is 115 Å². The fourth-order valence-corrected chi connectivity index (χ4v) is 1.85. The molecule has 0 spiro atoms. The van der Waals surface area contributed by atoms with E-state index in [1.165, 1.54) is 19.2 Å². The van der Waals surface area contributed by atoms with E-state index in [2.05, 4.69) is 5.32 Å². The maximum absolute atomic E-state index is 13.6. The molecule has 0 fully saturated rings. The average molecular weight is 275 g/mol. The molecule has 1 atom stereocenters. The molecular weight excluding hydrogens is 261 g/mol. The van der Waals surface area contributed by atoms with Gasteiger partial charge in [0.05, 0.1) is 0 Å². The topological polar surface area (TPSA) is 58.6 Å². The molecule has 20 heavy (non-hydrogen) atoms. The summed E-state index contributed by atoms with van der Waals surface area (Å²) in [4.78, 5) is 12.1. The molecule has 5 heteroatoms. The first-order valence-electron chi connectivity index (χ1n) is 5.99. The van der Waals surface area contributed by atoms with Crippen molar-refractivity contribution in [3.63, 3.8) is 0 Å². The number of carbonyl (C=O) groups excluding carboxylic acids is 1. The minimum Gasteiger partial charge on any atom is -0.506 e. The Morgan fingerprint density at radius 3 is 2.50 bits per heavy atom. The van der Waals surface area contributed by atoms with Gasteiger partial charge in [0.2, 0.25) is 0 Å². The number of methoxy groups -OCH3 is 1. The quantitative estimate of drug-likeness (QED) is 0.843. The van der Waals surface area contributed by atoms with E-state index in [0.717, 1.165) is 6.07 Å². The van der Waals surface area contributed by atoms with E-state index in [9.17, 15) is 14.3 Å². The molecule has 0 saturated heterocycles. The van der Waals surface area contributed by atoms with E-state index in [0.29, 0.717) is 5.56 Å². The van der Waals surface area contributed by atoms with E-state index in [4.69, 9.17) is 4.74 Å². The van der Waals surface area contributed by atoms with Gasteiger partial charge < -0.3 is 15.2 Å². The first-order chi connectivity index (χ1) is 9.63. The third-order valence-electron chi connectivity index (χ3n) is 2.82. The van der Waals surface area contributed by atoms with Gasteiger partial charge in [-0.3, -0.25) is 4.79 Å². The number of phenols is 1. The van der Waals surface area contributed by atoms with Crippen molar-refractivity contribution in [1.82, 2.24) is 0 Å². The summed E-state index contributed by atoms with van der Waals surface area (Å²) in [5.41, 5.74) is 0.388. The summed E-state index contributed by atoms with van der Waals surface area (Å²) in [6, 6.07) is 12.6. The number of ether oxygens (including phenoxy) is 1. The second-order valence-corrected chi connectivity index (χ2v) is 4.15. The van der Waals surface area contributed by atoms with Crippen LogP contribution in [0.15, 0.2) is 48.5 Å². The molecule has 0 aliphatic carbocycles. The van der Waals surface area contributed by atoms with Crippen LogP contribution in [0.4, 0.5) is 10.1 Å². The van der Waals surface area contributed by atoms with Gasteiger partial charge in [0, 0.05) is 7.11 Å². The number of hydrogen-bond donors (Lipinski definition) is 2. The number of amides is 1. The van der Waals surface area contributed by atoms with Crippen molar-refractivity contribution < 1.29 is 19.0 Å². The van der Waals surface area contributed by atoms with Crippen molar-refractivity contribution in [3.8, 4) is 5.75 Å². The standard InChI is InChI=1S/C15H14FNO3/c1-20-14(10-6-3-2-4-7-10)15(19)17-13-11(16)8-5-9-12(13)18/h2-9,14,18H,1H3,(H,17,19). The molecule has 2 aromatic carbocycles. The van der Waals surface area contributed by atoms with E-state index < -0.39 is 17.8 Å². The van der Waals surface area contributed by atoms with Gasteiger partial charge in [0.15, 0.2) is 11.9 Å². The number of hydrogen-bond acceptors (Lipinski definition) is 3. The summed E-state index contributed by atoms with van der Waals surface area (Å²) in [6.07, 6.45) is -0.879. The highest BCUT2D eigenvalue weighted by molar-refractivity contribution is 5.96. The van der Waals surface area contributed by atoms with E-state index >= 15 is 0 Å². The predicted octanol–water partition coefficient (Wildman–Crippen LogP) is 2.86. The predicted molar refractivity (Wildman–Crippen MR) is 72.9 cm³/mol. The highest BCUT2D eigenvalue weighted by Crippen LogP contribution is 2.27. The molecular formula is C15H14FNO3. The van der Waals surface area contributed by atoms with Crippen LogP contribution >= 0.6 is 0 Å². The van der Waals surface area contributed by atoms with Crippen LogP contribution < -0.4 is 5.32 Å². The van der Waals surface area contributed by atoms with Crippen LogP contribution in [-0.2, 0) is 9.53 Å². The number of halogens is 1. The molecule has 0 heterocycles. The highest BCUT2D eigenvalue weighted by atomic mass is 19.1. The largest absolute Gasteiger partial charge is 0.506 e. The normalized spacial score (nSPS) is 11.9. The van der Waals surface area contributed by atoms with Gasteiger partial charge in [0.25, 0.3) is 5.91 Å². The molecule has 1 unspecified atom stereocenters. The fraction of sp³-hybridized carbons (Fsp3) is 0.133. The number of para-hydroxylation sites is 1. The van der Waals surface area contributed by atoms with Gasteiger partial charge >= 0.3 is 0 Å². The third kappa shape index (κ3) is 2.95. The molecule has 0 radical (unpaired) electrons. The van der Waals surface area contributed by atoms with E-state index in [-0.39, 0.29) is 11.4 Å². The van der Waals surface area contributed by atoms with E-state index in [1.807, 2.05) is 6.07 Å². The number of phenolic OH excluding ortho intramolecular Hbond substituents is 1. The summed E-state index contributed by atoms with van der Waals surface area (Å²) in [6.45, 7) is 0. The Bertz CT molecular complexity index is 581. The first-order valence-corrected chi connectivity index (χ1v) is 5.99. The van der Waals surface area contributed by atoms with E-state index in [1.54, 1.807) is 24.3 Å². The molecule has 0 bridgehead atoms. The smallest absolute Gasteiger partial charge is 0.258 e. The fourth-order valence-electron chi connectivity index (χ4n) is 1.85. The summed E-state index contributed by atoms with van der Waals surface area (Å²) in [5.74, 6) is -1.60. The van der Waals surface area contributed by atoms with Crippen molar-refractivity contribution >= 4 is 11.6 Å². The lowest BCUT2D eigenvalue weighted by atomic mass is 10.1. The molecule has 0 aliphatic rings. The Morgan fingerprint density at radius 2 is 1.90 bits per heavy atom. The SMILES string of the molecule is COC(C(=O)Nc1c(O)cccc1F)c1ccccc1. The monoisotopic (exact) mass is 275 g/mol. The highest BCUT2D eigenvalue weighted by Gasteiger charge is 2.22. The van der Waals surface area contributed by atoms with Crippen LogP contribution in [0.1, 0.15) is 11.7 Å². The summed E-state index contributed by atoms with van der Waals surface area (Å²) in [5, 5.41) is 11.9. The minimum absolute atomic E-state index is 0.254. The van der Waals surface area contributed by atoms with Gasteiger partial charge in [-0.25, -0.2) is 4.39 Å². The van der Waals surface area contributed by atoms with Crippen molar-refractivity contribution in [2.24, 2.45) is 0 Å². The molecule has 2 N–H and O–H groups in total. The molecule has 4 nitrogen and oxygen atoms in total. The summed E-state index contributed by atoms with van der Waals surface area (Å²) < 4.78 is 18.7. The maximum Gasteiger partial charge on any atom is 0.258 e. The first kappa shape index (κ1) is 14.0. The Hall–Kier alpha value is -2.40. The van der Waals surface area contributed by atoms with Gasteiger partial charge in [-0.2, -0.15) is 0 Å². The molecule has 0 aliphatic heterocycles. The molecule has 0 saturated carbocycles. The summed E-state index contributed by atoms with van der Waals surface area (Å²) >= 11 is 0. The van der Waals surface area contributed by atoms with Crippen LogP contribution in [0.25, 0.3) is 0 Å². The van der Waals surface area contributed by atoms with Crippen molar-refractivity contribution in [2.45, 2.75) is 6.10 Å². The van der Waals surface area contributed by atoms with Gasteiger partial charge in [-0.15, -0.1) is 0 Å². The average Bonchev–Trinajstić information content (AvgIpc) is 2.45. The van der Waals surface area contributed by atoms with Gasteiger partial charge in [0.1, 0.15) is 11.4 Å².